The molecule has 0 spiro atoms. The quantitative estimate of drug-likeness (QED) is 0.908. The Balaban J connectivity index is 1.73. The molecule has 5 nitrogen and oxygen atoms in total. The molecule has 1 fully saturated rings. The standard InChI is InChI=1S/C16H19N3O2S/c17-11-16(6-8-21-9-7-16)14(20)19-15-18-13(10-22-15)12-4-2-1-3-5-12/h1-5,10H,6-9,11,17H2,(H,18,19,20). The lowest BCUT2D eigenvalue weighted by Gasteiger charge is -2.34. The Morgan fingerprint density at radius 1 is 1.32 bits per heavy atom. The monoisotopic (exact) mass is 317 g/mol. The normalized spacial score (nSPS) is 17.1. The van der Waals surface area contributed by atoms with Crippen LogP contribution in [0.1, 0.15) is 12.8 Å². The summed E-state index contributed by atoms with van der Waals surface area (Å²) in [6.45, 7) is 1.49. The fourth-order valence-corrected chi connectivity index (χ4v) is 3.30. The molecule has 1 aromatic heterocycles. The van der Waals surface area contributed by atoms with Crippen molar-refractivity contribution in [1.82, 2.24) is 4.98 Å². The predicted molar refractivity (Wildman–Crippen MR) is 87.7 cm³/mol. The van der Waals surface area contributed by atoms with Crippen LogP contribution in [0.15, 0.2) is 35.7 Å². The Labute approximate surface area is 133 Å². The SMILES string of the molecule is NCC1(C(=O)Nc2nc(-c3ccccc3)cs2)CCOCC1. The van der Waals surface area contributed by atoms with Crippen LogP contribution in [0.25, 0.3) is 11.3 Å². The molecule has 22 heavy (non-hydrogen) atoms. The van der Waals surface area contributed by atoms with Crippen molar-refractivity contribution in [2.75, 3.05) is 25.1 Å². The summed E-state index contributed by atoms with van der Waals surface area (Å²) in [7, 11) is 0. The Hall–Kier alpha value is -1.76. The number of anilines is 1. The molecule has 0 unspecified atom stereocenters. The number of rotatable bonds is 4. The average Bonchev–Trinajstić information content (AvgIpc) is 3.05. The van der Waals surface area contributed by atoms with Crippen molar-refractivity contribution in [3.8, 4) is 11.3 Å². The van der Waals surface area contributed by atoms with Crippen molar-refractivity contribution in [1.29, 1.82) is 0 Å². The molecule has 2 heterocycles. The molecule has 1 amide bonds. The Morgan fingerprint density at radius 2 is 2.05 bits per heavy atom. The summed E-state index contributed by atoms with van der Waals surface area (Å²) in [6.07, 6.45) is 1.32. The number of carbonyl (C=O) groups excluding carboxylic acids is 1. The van der Waals surface area contributed by atoms with E-state index in [0.29, 0.717) is 37.7 Å². The molecule has 0 saturated carbocycles. The maximum Gasteiger partial charge on any atom is 0.233 e. The van der Waals surface area contributed by atoms with Crippen molar-refractivity contribution >= 4 is 22.4 Å². The molecule has 116 valence electrons. The predicted octanol–water partition coefficient (Wildman–Crippen LogP) is 2.50. The second kappa shape index (κ2) is 6.56. The number of nitrogens with one attached hydrogen (secondary N) is 1. The van der Waals surface area contributed by atoms with E-state index >= 15 is 0 Å². The summed E-state index contributed by atoms with van der Waals surface area (Å²) in [6, 6.07) is 9.91. The number of nitrogens with zero attached hydrogens (tertiary/aromatic N) is 1. The van der Waals surface area contributed by atoms with Crippen LogP contribution in [0, 0.1) is 5.41 Å². The molecular weight excluding hydrogens is 298 g/mol. The Bertz CT molecular complexity index is 636. The van der Waals surface area contributed by atoms with E-state index in [0.717, 1.165) is 11.3 Å². The maximum absolute atomic E-state index is 12.6. The third-order valence-corrected chi connectivity index (χ3v) is 4.87. The minimum absolute atomic E-state index is 0.0488. The maximum atomic E-state index is 12.6. The van der Waals surface area contributed by atoms with Crippen molar-refractivity contribution in [3.05, 3.63) is 35.7 Å². The van der Waals surface area contributed by atoms with Gasteiger partial charge in [0, 0.05) is 30.7 Å². The van der Waals surface area contributed by atoms with Gasteiger partial charge in [-0.2, -0.15) is 0 Å². The molecule has 1 aromatic carbocycles. The van der Waals surface area contributed by atoms with Crippen molar-refractivity contribution in [3.63, 3.8) is 0 Å². The molecule has 3 rings (SSSR count). The first-order valence-corrected chi connectivity index (χ1v) is 8.22. The second-order valence-corrected chi connectivity index (χ2v) is 6.31. The first kappa shape index (κ1) is 15.1. The van der Waals surface area contributed by atoms with E-state index in [1.807, 2.05) is 35.7 Å². The summed E-state index contributed by atoms with van der Waals surface area (Å²) >= 11 is 1.43. The van der Waals surface area contributed by atoms with Crippen molar-refractivity contribution in [2.24, 2.45) is 11.1 Å². The van der Waals surface area contributed by atoms with E-state index in [1.54, 1.807) is 0 Å². The zero-order valence-electron chi connectivity index (χ0n) is 12.2. The van der Waals surface area contributed by atoms with Gasteiger partial charge in [-0.15, -0.1) is 11.3 Å². The van der Waals surface area contributed by atoms with Crippen LogP contribution in [0.2, 0.25) is 0 Å². The van der Waals surface area contributed by atoms with Crippen LogP contribution in [-0.2, 0) is 9.53 Å². The first-order chi connectivity index (χ1) is 10.7. The van der Waals surface area contributed by atoms with E-state index < -0.39 is 5.41 Å². The van der Waals surface area contributed by atoms with Gasteiger partial charge in [-0.05, 0) is 12.8 Å². The van der Waals surface area contributed by atoms with E-state index in [-0.39, 0.29) is 5.91 Å². The number of hydrogen-bond donors (Lipinski definition) is 2. The molecule has 1 aliphatic heterocycles. The zero-order chi connectivity index (χ0) is 15.4. The van der Waals surface area contributed by atoms with Crippen molar-refractivity contribution < 1.29 is 9.53 Å². The van der Waals surface area contributed by atoms with Crippen LogP contribution in [-0.4, -0.2) is 30.6 Å². The summed E-state index contributed by atoms with van der Waals surface area (Å²) in [5, 5.41) is 5.49. The smallest absolute Gasteiger partial charge is 0.233 e. The van der Waals surface area contributed by atoms with Gasteiger partial charge in [-0.3, -0.25) is 4.79 Å². The molecule has 0 bridgehead atoms. The lowest BCUT2D eigenvalue weighted by Crippen LogP contribution is -2.46. The third kappa shape index (κ3) is 3.04. The molecule has 0 aliphatic carbocycles. The van der Waals surface area contributed by atoms with Gasteiger partial charge < -0.3 is 15.8 Å². The van der Waals surface area contributed by atoms with E-state index in [9.17, 15) is 4.79 Å². The number of benzene rings is 1. The van der Waals surface area contributed by atoms with Crippen LogP contribution in [0.5, 0.6) is 0 Å². The van der Waals surface area contributed by atoms with Gasteiger partial charge in [0.05, 0.1) is 11.1 Å². The molecule has 2 aromatic rings. The van der Waals surface area contributed by atoms with Gasteiger partial charge in [0.25, 0.3) is 0 Å². The number of nitrogens with two attached hydrogens (primary N) is 1. The number of ether oxygens (including phenoxy) is 1. The molecule has 1 aliphatic rings. The van der Waals surface area contributed by atoms with Crippen LogP contribution in [0.4, 0.5) is 5.13 Å². The average molecular weight is 317 g/mol. The Morgan fingerprint density at radius 3 is 2.73 bits per heavy atom. The molecular formula is C16H19N3O2S. The van der Waals surface area contributed by atoms with Crippen LogP contribution < -0.4 is 11.1 Å². The minimum atomic E-state index is -0.531. The van der Waals surface area contributed by atoms with E-state index in [4.69, 9.17) is 10.5 Å². The summed E-state index contributed by atoms with van der Waals surface area (Å²) < 4.78 is 5.34. The highest BCUT2D eigenvalue weighted by molar-refractivity contribution is 7.14. The first-order valence-electron chi connectivity index (χ1n) is 7.34. The fourth-order valence-electron chi connectivity index (χ4n) is 2.59. The van der Waals surface area contributed by atoms with Gasteiger partial charge in [0.2, 0.25) is 5.91 Å². The summed E-state index contributed by atoms with van der Waals surface area (Å²) in [5.74, 6) is -0.0488. The van der Waals surface area contributed by atoms with E-state index in [1.165, 1.54) is 11.3 Å². The number of amides is 1. The van der Waals surface area contributed by atoms with Gasteiger partial charge in [0.15, 0.2) is 5.13 Å². The van der Waals surface area contributed by atoms with Gasteiger partial charge in [-0.1, -0.05) is 30.3 Å². The minimum Gasteiger partial charge on any atom is -0.381 e. The number of hydrogen-bond acceptors (Lipinski definition) is 5. The van der Waals surface area contributed by atoms with Crippen LogP contribution in [0.3, 0.4) is 0 Å². The Kier molecular flexibility index (Phi) is 4.52. The van der Waals surface area contributed by atoms with E-state index in [2.05, 4.69) is 10.3 Å². The number of carbonyl (C=O) groups is 1. The fraction of sp³-hybridized carbons (Fsp3) is 0.375. The highest BCUT2D eigenvalue weighted by atomic mass is 32.1. The van der Waals surface area contributed by atoms with Gasteiger partial charge in [0.1, 0.15) is 0 Å². The second-order valence-electron chi connectivity index (χ2n) is 5.45. The number of thiazole rings is 1. The lowest BCUT2D eigenvalue weighted by atomic mass is 9.79. The van der Waals surface area contributed by atoms with Crippen molar-refractivity contribution in [2.45, 2.75) is 12.8 Å². The molecule has 6 heteroatoms. The zero-order valence-corrected chi connectivity index (χ0v) is 13.1. The molecule has 3 N–H and O–H groups in total. The highest BCUT2D eigenvalue weighted by Crippen LogP contribution is 2.32. The summed E-state index contributed by atoms with van der Waals surface area (Å²) in [5.41, 5.74) is 7.24. The molecule has 0 atom stereocenters. The van der Waals surface area contributed by atoms with Gasteiger partial charge >= 0.3 is 0 Å². The molecule has 1 saturated heterocycles. The molecule has 0 radical (unpaired) electrons. The van der Waals surface area contributed by atoms with Gasteiger partial charge in [-0.25, -0.2) is 4.98 Å². The third-order valence-electron chi connectivity index (χ3n) is 4.12. The highest BCUT2D eigenvalue weighted by Gasteiger charge is 2.39. The topological polar surface area (TPSA) is 77.2 Å². The largest absolute Gasteiger partial charge is 0.381 e. The summed E-state index contributed by atoms with van der Waals surface area (Å²) in [4.78, 5) is 17.1. The van der Waals surface area contributed by atoms with Crippen LogP contribution >= 0.6 is 11.3 Å². The lowest BCUT2D eigenvalue weighted by molar-refractivity contribution is -0.130. The number of aromatic nitrogens is 1.